The molecule has 0 radical (unpaired) electrons. The number of rotatable bonds is 4. The largest absolute Gasteiger partial charge is 0.461 e. The van der Waals surface area contributed by atoms with E-state index in [0.29, 0.717) is 21.7 Å². The second kappa shape index (κ2) is 7.11. The molecule has 3 rings (SSSR count). The van der Waals surface area contributed by atoms with Gasteiger partial charge in [-0.25, -0.2) is 4.79 Å². The van der Waals surface area contributed by atoms with Gasteiger partial charge in [0, 0.05) is 22.0 Å². The van der Waals surface area contributed by atoms with E-state index >= 15 is 0 Å². The summed E-state index contributed by atoms with van der Waals surface area (Å²) in [5, 5.41) is 1.30. The van der Waals surface area contributed by atoms with E-state index in [4.69, 9.17) is 20.8 Å². The Labute approximate surface area is 150 Å². The Bertz CT molecular complexity index is 1000. The predicted molar refractivity (Wildman–Crippen MR) is 96.9 cm³/mol. The molecule has 2 aromatic carbocycles. The summed E-state index contributed by atoms with van der Waals surface area (Å²) in [5.74, 6) is -0.404. The first-order chi connectivity index (χ1) is 11.9. The standard InChI is InChI=1S/C20H17ClO4/c1-12-7-16-15(10-20(23)25-18(16)8-13(12)2)11-24-19(22)9-14-5-3-4-6-17(14)21/h3-8,10H,9,11H2,1-2H3. The molecule has 0 atom stereocenters. The van der Waals surface area contributed by atoms with Crippen LogP contribution >= 0.6 is 11.6 Å². The minimum absolute atomic E-state index is 0.00782. The van der Waals surface area contributed by atoms with Crippen LogP contribution < -0.4 is 5.63 Å². The third-order valence-corrected chi connectivity index (χ3v) is 4.49. The number of fused-ring (bicyclic) bond motifs is 1. The number of ether oxygens (including phenoxy) is 1. The van der Waals surface area contributed by atoms with Gasteiger partial charge in [0.25, 0.3) is 0 Å². The maximum Gasteiger partial charge on any atom is 0.336 e. The number of hydrogen-bond donors (Lipinski definition) is 0. The van der Waals surface area contributed by atoms with Crippen molar-refractivity contribution < 1.29 is 13.9 Å². The van der Waals surface area contributed by atoms with Gasteiger partial charge >= 0.3 is 11.6 Å². The van der Waals surface area contributed by atoms with Crippen molar-refractivity contribution in [3.05, 3.63) is 80.2 Å². The monoisotopic (exact) mass is 356 g/mol. The van der Waals surface area contributed by atoms with Gasteiger partial charge in [-0.1, -0.05) is 29.8 Å². The molecule has 0 aliphatic carbocycles. The first-order valence-corrected chi connectivity index (χ1v) is 8.25. The number of carbonyl (C=O) groups is 1. The maximum atomic E-state index is 12.1. The summed E-state index contributed by atoms with van der Waals surface area (Å²) in [6.45, 7) is 3.94. The van der Waals surface area contributed by atoms with Crippen LogP contribution in [-0.2, 0) is 22.6 Å². The first-order valence-electron chi connectivity index (χ1n) is 7.87. The number of hydrogen-bond acceptors (Lipinski definition) is 4. The fourth-order valence-electron chi connectivity index (χ4n) is 2.61. The summed E-state index contributed by atoms with van der Waals surface area (Å²) in [7, 11) is 0. The van der Waals surface area contributed by atoms with Crippen molar-refractivity contribution in [3.63, 3.8) is 0 Å². The SMILES string of the molecule is Cc1cc2oc(=O)cc(COC(=O)Cc3ccccc3Cl)c2cc1C. The van der Waals surface area contributed by atoms with Crippen molar-refractivity contribution in [2.75, 3.05) is 0 Å². The molecule has 5 heteroatoms. The lowest BCUT2D eigenvalue weighted by atomic mass is 10.0. The molecule has 25 heavy (non-hydrogen) atoms. The number of carbonyl (C=O) groups excluding carboxylic acids is 1. The van der Waals surface area contributed by atoms with Crippen LogP contribution in [0.1, 0.15) is 22.3 Å². The Morgan fingerprint density at radius 2 is 1.80 bits per heavy atom. The van der Waals surface area contributed by atoms with Gasteiger partial charge in [0.05, 0.1) is 6.42 Å². The second-order valence-corrected chi connectivity index (χ2v) is 6.36. The van der Waals surface area contributed by atoms with Gasteiger partial charge in [-0.2, -0.15) is 0 Å². The zero-order chi connectivity index (χ0) is 18.0. The van der Waals surface area contributed by atoms with Crippen molar-refractivity contribution in [2.24, 2.45) is 0 Å². The number of halogens is 1. The van der Waals surface area contributed by atoms with Gasteiger partial charge in [-0.15, -0.1) is 0 Å². The van der Waals surface area contributed by atoms with Crippen molar-refractivity contribution >= 4 is 28.5 Å². The Kier molecular flexibility index (Phi) is 4.91. The minimum Gasteiger partial charge on any atom is -0.461 e. The molecule has 3 aromatic rings. The molecule has 0 saturated carbocycles. The van der Waals surface area contributed by atoms with Gasteiger partial charge in [-0.3, -0.25) is 4.79 Å². The minimum atomic E-state index is -0.465. The van der Waals surface area contributed by atoms with Gasteiger partial charge in [-0.05, 0) is 48.7 Å². The zero-order valence-electron chi connectivity index (χ0n) is 14.0. The first kappa shape index (κ1) is 17.2. The maximum absolute atomic E-state index is 12.1. The van der Waals surface area contributed by atoms with Gasteiger partial charge in [0.15, 0.2) is 0 Å². The van der Waals surface area contributed by atoms with Crippen LogP contribution in [0.5, 0.6) is 0 Å². The summed E-state index contributed by atoms with van der Waals surface area (Å²) in [6.07, 6.45) is 0.0805. The van der Waals surface area contributed by atoms with Gasteiger partial charge in [0.2, 0.25) is 0 Å². The summed E-state index contributed by atoms with van der Waals surface area (Å²) >= 11 is 6.06. The number of aryl methyl sites for hydroxylation is 2. The highest BCUT2D eigenvalue weighted by Crippen LogP contribution is 2.22. The molecule has 0 amide bonds. The molecule has 0 N–H and O–H groups in total. The Hall–Kier alpha value is -2.59. The van der Waals surface area contributed by atoms with Crippen LogP contribution in [0.15, 0.2) is 51.7 Å². The smallest absolute Gasteiger partial charge is 0.336 e. The molecule has 0 bridgehead atoms. The molecule has 128 valence electrons. The van der Waals surface area contributed by atoms with Crippen molar-refractivity contribution in [2.45, 2.75) is 26.9 Å². The molecule has 4 nitrogen and oxygen atoms in total. The van der Waals surface area contributed by atoms with Crippen LogP contribution in [0.2, 0.25) is 5.02 Å². The van der Waals surface area contributed by atoms with E-state index in [2.05, 4.69) is 0 Å². The Morgan fingerprint density at radius 3 is 2.56 bits per heavy atom. The fraction of sp³-hybridized carbons (Fsp3) is 0.200. The average molecular weight is 357 g/mol. The fourth-order valence-corrected chi connectivity index (χ4v) is 2.81. The third-order valence-electron chi connectivity index (χ3n) is 4.13. The summed E-state index contributed by atoms with van der Waals surface area (Å²) < 4.78 is 10.6. The molecule has 0 fully saturated rings. The number of esters is 1. The lowest BCUT2D eigenvalue weighted by molar-refractivity contribution is -0.144. The van der Waals surface area contributed by atoms with Crippen LogP contribution in [-0.4, -0.2) is 5.97 Å². The van der Waals surface area contributed by atoms with Crippen molar-refractivity contribution in [1.29, 1.82) is 0 Å². The molecule has 0 aliphatic heterocycles. The summed E-state index contributed by atoms with van der Waals surface area (Å²) in [6, 6.07) is 12.2. The zero-order valence-corrected chi connectivity index (χ0v) is 14.7. The van der Waals surface area contributed by atoms with E-state index in [0.717, 1.165) is 16.5 Å². The molecular formula is C20H17ClO4. The van der Waals surface area contributed by atoms with E-state index < -0.39 is 11.6 Å². The molecular weight excluding hydrogens is 340 g/mol. The highest BCUT2D eigenvalue weighted by Gasteiger charge is 2.12. The normalized spacial score (nSPS) is 10.8. The van der Waals surface area contributed by atoms with E-state index in [1.54, 1.807) is 18.2 Å². The Balaban J connectivity index is 1.81. The lowest BCUT2D eigenvalue weighted by Gasteiger charge is -2.09. The molecule has 0 unspecified atom stereocenters. The highest BCUT2D eigenvalue weighted by molar-refractivity contribution is 6.31. The molecule has 1 heterocycles. The molecule has 0 spiro atoms. The second-order valence-electron chi connectivity index (χ2n) is 5.95. The van der Waals surface area contributed by atoms with Crippen LogP contribution in [0.25, 0.3) is 11.0 Å². The molecule has 0 aliphatic rings. The predicted octanol–water partition coefficient (Wildman–Crippen LogP) is 4.35. The van der Waals surface area contributed by atoms with E-state index in [1.807, 2.05) is 32.0 Å². The molecule has 0 saturated heterocycles. The van der Waals surface area contributed by atoms with Crippen LogP contribution in [0.4, 0.5) is 0 Å². The molecule has 1 aromatic heterocycles. The highest BCUT2D eigenvalue weighted by atomic mass is 35.5. The average Bonchev–Trinajstić information content (AvgIpc) is 2.56. The topological polar surface area (TPSA) is 56.5 Å². The summed E-state index contributed by atoms with van der Waals surface area (Å²) in [5.41, 5.74) is 3.47. The van der Waals surface area contributed by atoms with Gasteiger partial charge in [0.1, 0.15) is 12.2 Å². The third kappa shape index (κ3) is 3.91. The quantitative estimate of drug-likeness (QED) is 0.515. The summed E-state index contributed by atoms with van der Waals surface area (Å²) in [4.78, 5) is 23.9. The van der Waals surface area contributed by atoms with Crippen LogP contribution in [0, 0.1) is 13.8 Å². The lowest BCUT2D eigenvalue weighted by Crippen LogP contribution is -2.10. The Morgan fingerprint density at radius 1 is 1.08 bits per heavy atom. The van der Waals surface area contributed by atoms with Gasteiger partial charge < -0.3 is 9.15 Å². The number of benzene rings is 2. The van der Waals surface area contributed by atoms with E-state index in [9.17, 15) is 9.59 Å². The van der Waals surface area contributed by atoms with Crippen molar-refractivity contribution in [1.82, 2.24) is 0 Å². The van der Waals surface area contributed by atoms with Crippen LogP contribution in [0.3, 0.4) is 0 Å². The van der Waals surface area contributed by atoms with E-state index in [-0.39, 0.29) is 13.0 Å². The van der Waals surface area contributed by atoms with E-state index in [1.165, 1.54) is 6.07 Å². The van der Waals surface area contributed by atoms with Crippen molar-refractivity contribution in [3.8, 4) is 0 Å².